The topological polar surface area (TPSA) is 161 Å². The lowest BCUT2D eigenvalue weighted by atomic mass is 9.85. The number of thiazole rings is 1. The zero-order valence-electron chi connectivity index (χ0n) is 32.2. The molecule has 0 aliphatic carbocycles. The molecule has 2 saturated heterocycles. The van der Waals surface area contributed by atoms with Crippen LogP contribution in [0, 0.1) is 12.3 Å². The van der Waals surface area contributed by atoms with Gasteiger partial charge in [0.05, 0.1) is 27.9 Å². The Morgan fingerprint density at radius 3 is 2.46 bits per heavy atom. The van der Waals surface area contributed by atoms with Gasteiger partial charge in [-0.15, -0.1) is 32.9 Å². The summed E-state index contributed by atoms with van der Waals surface area (Å²) in [5.41, 5.74) is 5.45. The molecule has 12 nitrogen and oxygen atoms in total. The molecule has 3 atom stereocenters. The summed E-state index contributed by atoms with van der Waals surface area (Å²) in [5.74, 6) is -0.360. The lowest BCUT2D eigenvalue weighted by Gasteiger charge is -2.36. The Morgan fingerprint density at radius 2 is 1.77 bits per heavy atom. The summed E-state index contributed by atoms with van der Waals surface area (Å²) >= 11 is 3.25. The average Bonchev–Trinajstić information content (AvgIpc) is 3.93. The van der Waals surface area contributed by atoms with Gasteiger partial charge >= 0.3 is 0 Å². The van der Waals surface area contributed by atoms with Crippen molar-refractivity contribution in [1.82, 2.24) is 35.6 Å². The number of aromatic nitrogens is 3. The van der Waals surface area contributed by atoms with E-state index in [4.69, 9.17) is 0 Å². The van der Waals surface area contributed by atoms with Crippen LogP contribution in [0.4, 0.5) is 0 Å². The van der Waals surface area contributed by atoms with E-state index in [2.05, 4.69) is 36.8 Å². The molecule has 2 fully saturated rings. The normalized spacial score (nSPS) is 18.6. The van der Waals surface area contributed by atoms with Crippen LogP contribution in [-0.2, 0) is 20.9 Å². The maximum absolute atomic E-state index is 14.1. The number of likely N-dealkylation sites (tertiary alicyclic amines) is 2. The highest BCUT2D eigenvalue weighted by molar-refractivity contribution is 7.18. The van der Waals surface area contributed by atoms with E-state index in [1.165, 1.54) is 9.78 Å². The summed E-state index contributed by atoms with van der Waals surface area (Å²) in [6.45, 7) is 10.2. The molecule has 7 rings (SSSR count). The summed E-state index contributed by atoms with van der Waals surface area (Å²) in [4.78, 5) is 52.2. The Bertz CT molecular complexity index is 2190. The Hall–Kier alpha value is -4.76. The monoisotopic (exact) mass is 795 g/mol. The van der Waals surface area contributed by atoms with E-state index in [1.807, 2.05) is 75.7 Å². The number of benzene rings is 2. The number of rotatable bonds is 11. The number of aromatic hydroxyl groups is 1. The number of aryl methyl sites for hydroxylation is 1. The lowest BCUT2D eigenvalue weighted by molar-refractivity contribution is -0.144. The SMILES string of the molecule is Cc1ncsc1-c1ccc(CNC(=O)[C@@H]2C[C@@H](O)CN2C(=O)[C@@H](NC(=O)CCN2CCC(c3cc4cc(-c5ccccc5O)nnc4s3)CC2)C(C)(C)C)cc1. The third-order valence-electron chi connectivity index (χ3n) is 10.8. The van der Waals surface area contributed by atoms with E-state index in [0.717, 1.165) is 57.8 Å². The molecule has 14 heteroatoms. The van der Waals surface area contributed by atoms with Gasteiger partial charge in [-0.05, 0) is 79.6 Å². The van der Waals surface area contributed by atoms with Gasteiger partial charge in [-0.2, -0.15) is 0 Å². The molecule has 2 aliphatic rings. The predicted molar refractivity (Wildman–Crippen MR) is 219 cm³/mol. The molecular weight excluding hydrogens is 747 g/mol. The Kier molecular flexibility index (Phi) is 11.8. The van der Waals surface area contributed by atoms with Gasteiger partial charge in [0, 0.05) is 48.3 Å². The summed E-state index contributed by atoms with van der Waals surface area (Å²) in [6, 6.07) is 17.5. The van der Waals surface area contributed by atoms with E-state index in [0.29, 0.717) is 23.7 Å². The summed E-state index contributed by atoms with van der Waals surface area (Å²) in [7, 11) is 0. The van der Waals surface area contributed by atoms with Crippen molar-refractivity contribution in [1.29, 1.82) is 0 Å². The van der Waals surface area contributed by atoms with Crippen molar-refractivity contribution in [3.63, 3.8) is 0 Å². The molecule has 3 amide bonds. The van der Waals surface area contributed by atoms with Crippen molar-refractivity contribution in [3.8, 4) is 27.4 Å². The number of carbonyl (C=O) groups excluding carboxylic acids is 3. The molecule has 5 heterocycles. The van der Waals surface area contributed by atoms with E-state index in [-0.39, 0.29) is 49.4 Å². The third-order valence-corrected chi connectivity index (χ3v) is 13.0. The molecule has 294 valence electrons. The molecule has 56 heavy (non-hydrogen) atoms. The molecule has 0 radical (unpaired) electrons. The maximum atomic E-state index is 14.1. The lowest BCUT2D eigenvalue weighted by Crippen LogP contribution is -2.58. The zero-order valence-corrected chi connectivity index (χ0v) is 33.8. The minimum atomic E-state index is -0.869. The first-order valence-electron chi connectivity index (χ1n) is 19.2. The molecule has 0 bridgehead atoms. The highest BCUT2D eigenvalue weighted by atomic mass is 32.1. The van der Waals surface area contributed by atoms with Crippen molar-refractivity contribution >= 4 is 50.6 Å². The summed E-state index contributed by atoms with van der Waals surface area (Å²) in [5, 5.41) is 36.6. The first-order valence-corrected chi connectivity index (χ1v) is 20.9. The number of aliphatic hydroxyl groups excluding tert-OH is 1. The van der Waals surface area contributed by atoms with Crippen LogP contribution in [0.25, 0.3) is 31.9 Å². The van der Waals surface area contributed by atoms with Gasteiger partial charge in [0.2, 0.25) is 17.7 Å². The highest BCUT2D eigenvalue weighted by Gasteiger charge is 2.44. The minimum Gasteiger partial charge on any atom is -0.507 e. The van der Waals surface area contributed by atoms with Gasteiger partial charge in [-0.1, -0.05) is 57.2 Å². The number of amides is 3. The first-order chi connectivity index (χ1) is 26.8. The number of nitrogens with zero attached hydrogens (tertiary/aromatic N) is 5. The quantitative estimate of drug-likeness (QED) is 0.128. The number of carbonyl (C=O) groups is 3. The summed E-state index contributed by atoms with van der Waals surface area (Å²) in [6.07, 6.45) is 1.45. The standard InChI is InChI=1S/C42H49N7O5S2/c1-25-37(55-24-44-25)28-11-9-26(10-12-28)22-43-39(53)33-21-30(50)23-49(33)41(54)38(42(2,3)4)45-36(52)15-18-48-16-13-27(14-17-48)35-20-29-19-32(46-47-40(29)56-35)31-7-5-6-8-34(31)51/h5-12,19-20,24,27,30,33,38,50-51H,13-18,21-23H2,1-4H3,(H,43,53)(H,45,52)/t30-,33+,38-/m1/s1. The van der Waals surface area contributed by atoms with Crippen LogP contribution in [0.2, 0.25) is 0 Å². The largest absolute Gasteiger partial charge is 0.507 e. The second-order valence-corrected chi connectivity index (χ2v) is 17.9. The third kappa shape index (κ3) is 8.94. The van der Waals surface area contributed by atoms with Crippen molar-refractivity contribution in [3.05, 3.63) is 82.3 Å². The molecule has 0 unspecified atom stereocenters. The number of phenolic OH excluding ortho intramolecular Hbond substituents is 1. The zero-order chi connectivity index (χ0) is 39.6. The van der Waals surface area contributed by atoms with Crippen molar-refractivity contribution in [2.45, 2.75) is 84.0 Å². The minimum absolute atomic E-state index is 0.0291. The fourth-order valence-corrected chi connectivity index (χ4v) is 9.55. The predicted octanol–water partition coefficient (Wildman–Crippen LogP) is 5.87. The molecule has 3 aromatic heterocycles. The number of hydrogen-bond donors (Lipinski definition) is 4. The second kappa shape index (κ2) is 16.8. The first kappa shape index (κ1) is 39.5. The number of fused-ring (bicyclic) bond motifs is 1. The molecular formula is C42H49N7O5S2. The number of para-hydroxylation sites is 1. The Balaban J connectivity index is 0.905. The number of aliphatic hydroxyl groups is 1. The number of thiophene rings is 1. The summed E-state index contributed by atoms with van der Waals surface area (Å²) < 4.78 is 0. The molecule has 0 spiro atoms. The van der Waals surface area contributed by atoms with Gasteiger partial charge in [-0.25, -0.2) is 4.98 Å². The van der Waals surface area contributed by atoms with Crippen molar-refractivity contribution < 1.29 is 24.6 Å². The van der Waals surface area contributed by atoms with Crippen LogP contribution in [0.1, 0.15) is 68.5 Å². The van der Waals surface area contributed by atoms with Crippen LogP contribution in [0.5, 0.6) is 5.75 Å². The van der Waals surface area contributed by atoms with Gasteiger partial charge in [0.15, 0.2) is 0 Å². The highest BCUT2D eigenvalue weighted by Crippen LogP contribution is 2.37. The van der Waals surface area contributed by atoms with Crippen LogP contribution in [-0.4, -0.2) is 97.3 Å². The number of piperidine rings is 1. The number of nitrogens with one attached hydrogen (secondary N) is 2. The van der Waals surface area contributed by atoms with Gasteiger partial charge in [0.1, 0.15) is 22.7 Å². The molecule has 4 N–H and O–H groups in total. The second-order valence-electron chi connectivity index (χ2n) is 16.0. The van der Waals surface area contributed by atoms with Gasteiger partial charge < -0.3 is 30.6 Å². The molecule has 2 aromatic carbocycles. The fourth-order valence-electron chi connectivity index (χ4n) is 7.61. The van der Waals surface area contributed by atoms with Crippen LogP contribution in [0.3, 0.4) is 0 Å². The van der Waals surface area contributed by atoms with E-state index in [9.17, 15) is 24.6 Å². The van der Waals surface area contributed by atoms with Gasteiger partial charge in [-0.3, -0.25) is 14.4 Å². The Morgan fingerprint density at radius 1 is 1.02 bits per heavy atom. The van der Waals surface area contributed by atoms with E-state index >= 15 is 0 Å². The average molecular weight is 796 g/mol. The molecule has 0 saturated carbocycles. The molecule has 2 aliphatic heterocycles. The Labute approximate surface area is 335 Å². The smallest absolute Gasteiger partial charge is 0.246 e. The number of phenols is 1. The fraction of sp³-hybridized carbons (Fsp3) is 0.429. The molecule has 5 aromatic rings. The van der Waals surface area contributed by atoms with Crippen LogP contribution in [0.15, 0.2) is 66.2 Å². The van der Waals surface area contributed by atoms with E-state index in [1.54, 1.807) is 34.8 Å². The van der Waals surface area contributed by atoms with Crippen molar-refractivity contribution in [2.75, 3.05) is 26.2 Å². The van der Waals surface area contributed by atoms with E-state index < -0.39 is 23.6 Å². The van der Waals surface area contributed by atoms with Gasteiger partial charge in [0.25, 0.3) is 0 Å². The van der Waals surface area contributed by atoms with Crippen LogP contribution < -0.4 is 10.6 Å². The van der Waals surface area contributed by atoms with Crippen molar-refractivity contribution in [2.24, 2.45) is 5.41 Å². The maximum Gasteiger partial charge on any atom is 0.246 e. The number of β-amino-alcohol motifs (C(OH)–C–C–N with tert-alkyl or cyclic N) is 1. The van der Waals surface area contributed by atoms with Crippen LogP contribution >= 0.6 is 22.7 Å². The number of hydrogen-bond acceptors (Lipinski definition) is 11.